The van der Waals surface area contributed by atoms with E-state index in [1.807, 2.05) is 82.2 Å². The van der Waals surface area contributed by atoms with Gasteiger partial charge in [-0.1, -0.05) is 24.3 Å². The minimum Gasteiger partial charge on any atom is -0.378 e. The first kappa shape index (κ1) is 19.9. The van der Waals surface area contributed by atoms with Crippen molar-refractivity contribution >= 4 is 34.6 Å². The Morgan fingerprint density at radius 2 is 1.75 bits per heavy atom. The van der Waals surface area contributed by atoms with Crippen molar-refractivity contribution in [1.29, 1.82) is 0 Å². The Kier molecular flexibility index (Phi) is 5.70. The summed E-state index contributed by atoms with van der Waals surface area (Å²) in [6, 6.07) is 13.9. The monoisotopic (exact) mass is 394 g/mol. The van der Waals surface area contributed by atoms with Gasteiger partial charge in [-0.2, -0.15) is 0 Å². The molecule has 0 aromatic heterocycles. The molecule has 0 bridgehead atoms. The minimum absolute atomic E-state index is 0.143. The van der Waals surface area contributed by atoms with Crippen LogP contribution < -0.4 is 20.9 Å². The first-order chi connectivity index (χ1) is 13.3. The average Bonchev–Trinajstić information content (AvgIpc) is 2.64. The zero-order chi connectivity index (χ0) is 20.4. The predicted molar refractivity (Wildman–Crippen MR) is 120 cm³/mol. The number of nitrogens with zero attached hydrogens (tertiary/aromatic N) is 1. The zero-order valence-electron chi connectivity index (χ0n) is 16.9. The molecule has 1 aliphatic heterocycles. The molecule has 0 saturated carbocycles. The van der Waals surface area contributed by atoms with Crippen molar-refractivity contribution < 1.29 is 4.79 Å². The number of rotatable bonds is 4. The van der Waals surface area contributed by atoms with Gasteiger partial charge in [0.25, 0.3) is 5.91 Å². The van der Waals surface area contributed by atoms with Crippen LogP contribution in [0.5, 0.6) is 0 Å². The Morgan fingerprint density at radius 1 is 1.07 bits per heavy atom. The zero-order valence-corrected chi connectivity index (χ0v) is 17.7. The minimum atomic E-state index is -0.310. The lowest BCUT2D eigenvalue weighted by atomic mass is 9.94. The maximum Gasteiger partial charge on any atom is 0.255 e. The van der Waals surface area contributed by atoms with Gasteiger partial charge in [0.15, 0.2) is 5.11 Å². The van der Waals surface area contributed by atoms with Gasteiger partial charge in [0.1, 0.15) is 0 Å². The molecule has 0 spiro atoms. The topological polar surface area (TPSA) is 56.4 Å². The first-order valence-electron chi connectivity index (χ1n) is 9.20. The molecule has 6 heteroatoms. The van der Waals surface area contributed by atoms with Crippen molar-refractivity contribution in [3.63, 3.8) is 0 Å². The van der Waals surface area contributed by atoms with Crippen molar-refractivity contribution in [3.05, 3.63) is 70.4 Å². The van der Waals surface area contributed by atoms with Crippen LogP contribution in [0.2, 0.25) is 0 Å². The molecule has 1 aliphatic rings. The third kappa shape index (κ3) is 4.17. The SMILES string of the molecule is CC1=C(C(=O)Nc2cc(C)ccc2C)C(c2ccc(N(C)C)cc2)NC(=S)N1. The number of carbonyl (C=O) groups excluding carboxylic acids is 1. The number of hydrogen-bond donors (Lipinski definition) is 3. The number of benzene rings is 2. The van der Waals surface area contributed by atoms with E-state index in [0.29, 0.717) is 10.7 Å². The van der Waals surface area contributed by atoms with Crippen molar-refractivity contribution in [1.82, 2.24) is 10.6 Å². The van der Waals surface area contributed by atoms with Crippen molar-refractivity contribution in [3.8, 4) is 0 Å². The molecule has 0 saturated heterocycles. The second-order valence-corrected chi connectivity index (χ2v) is 7.74. The molecule has 1 atom stereocenters. The first-order valence-corrected chi connectivity index (χ1v) is 9.61. The van der Waals surface area contributed by atoms with Gasteiger partial charge in [-0.15, -0.1) is 0 Å². The number of anilines is 2. The summed E-state index contributed by atoms with van der Waals surface area (Å²) in [5, 5.41) is 9.91. The lowest BCUT2D eigenvalue weighted by Crippen LogP contribution is -2.45. The Morgan fingerprint density at radius 3 is 2.39 bits per heavy atom. The van der Waals surface area contributed by atoms with Crippen LogP contribution in [0.3, 0.4) is 0 Å². The van der Waals surface area contributed by atoms with E-state index in [0.717, 1.165) is 33.8 Å². The molecule has 1 amide bonds. The van der Waals surface area contributed by atoms with Gasteiger partial charge in [0, 0.05) is 31.2 Å². The molecular weight excluding hydrogens is 368 g/mol. The number of carbonyl (C=O) groups is 1. The quantitative estimate of drug-likeness (QED) is 0.689. The molecule has 28 heavy (non-hydrogen) atoms. The van der Waals surface area contributed by atoms with E-state index in [4.69, 9.17) is 12.2 Å². The highest BCUT2D eigenvalue weighted by molar-refractivity contribution is 7.80. The van der Waals surface area contributed by atoms with Gasteiger partial charge in [0.05, 0.1) is 11.6 Å². The van der Waals surface area contributed by atoms with E-state index < -0.39 is 0 Å². The van der Waals surface area contributed by atoms with E-state index in [1.165, 1.54) is 0 Å². The molecule has 0 aliphatic carbocycles. The molecule has 0 fully saturated rings. The van der Waals surface area contributed by atoms with Crippen molar-refractivity contribution in [2.24, 2.45) is 0 Å². The molecule has 1 heterocycles. The highest BCUT2D eigenvalue weighted by Gasteiger charge is 2.30. The molecule has 0 radical (unpaired) electrons. The van der Waals surface area contributed by atoms with E-state index in [2.05, 4.69) is 16.0 Å². The largest absolute Gasteiger partial charge is 0.378 e. The van der Waals surface area contributed by atoms with Gasteiger partial charge in [-0.05, 0) is 67.9 Å². The number of thiocarbonyl (C=S) groups is 1. The number of hydrogen-bond acceptors (Lipinski definition) is 3. The van der Waals surface area contributed by atoms with Crippen LogP contribution in [-0.4, -0.2) is 25.1 Å². The fraction of sp³-hybridized carbons (Fsp3) is 0.273. The number of aryl methyl sites for hydroxylation is 2. The fourth-order valence-corrected chi connectivity index (χ4v) is 3.54. The molecule has 2 aromatic carbocycles. The average molecular weight is 395 g/mol. The van der Waals surface area contributed by atoms with Crippen LogP contribution in [-0.2, 0) is 4.79 Å². The van der Waals surface area contributed by atoms with Crippen LogP contribution in [0.25, 0.3) is 0 Å². The normalized spacial score (nSPS) is 16.3. The molecule has 5 nitrogen and oxygen atoms in total. The van der Waals surface area contributed by atoms with Crippen LogP contribution in [0, 0.1) is 13.8 Å². The number of allylic oxidation sites excluding steroid dienone is 1. The summed E-state index contributed by atoms with van der Waals surface area (Å²) in [5.74, 6) is -0.143. The van der Waals surface area contributed by atoms with Gasteiger partial charge in [0.2, 0.25) is 0 Å². The van der Waals surface area contributed by atoms with E-state index in [9.17, 15) is 4.79 Å². The molecule has 146 valence electrons. The second kappa shape index (κ2) is 8.02. The summed E-state index contributed by atoms with van der Waals surface area (Å²) in [6.07, 6.45) is 0. The predicted octanol–water partition coefficient (Wildman–Crippen LogP) is 3.80. The smallest absolute Gasteiger partial charge is 0.255 e. The van der Waals surface area contributed by atoms with Crippen LogP contribution in [0.4, 0.5) is 11.4 Å². The fourth-order valence-electron chi connectivity index (χ4n) is 3.27. The second-order valence-electron chi connectivity index (χ2n) is 7.33. The highest BCUT2D eigenvalue weighted by atomic mass is 32.1. The van der Waals surface area contributed by atoms with Crippen LogP contribution in [0.1, 0.15) is 29.7 Å². The standard InChI is InChI=1S/C22H26N4OS/c1-13-6-7-14(2)18(12-13)24-21(27)19-15(3)23-22(28)25-20(19)16-8-10-17(11-9-16)26(4)5/h6-12,20H,1-5H3,(H,24,27)(H2,23,25,28). The van der Waals surface area contributed by atoms with E-state index in [1.54, 1.807) is 0 Å². The van der Waals surface area contributed by atoms with Crippen LogP contribution in [0.15, 0.2) is 53.7 Å². The summed E-state index contributed by atoms with van der Waals surface area (Å²) in [5.41, 5.74) is 6.42. The number of amides is 1. The highest BCUT2D eigenvalue weighted by Crippen LogP contribution is 2.29. The summed E-state index contributed by atoms with van der Waals surface area (Å²) in [7, 11) is 4.00. The molecule has 2 aromatic rings. The maximum atomic E-state index is 13.2. The maximum absolute atomic E-state index is 13.2. The molecule has 3 rings (SSSR count). The van der Waals surface area contributed by atoms with E-state index >= 15 is 0 Å². The van der Waals surface area contributed by atoms with Crippen molar-refractivity contribution in [2.45, 2.75) is 26.8 Å². The number of nitrogens with one attached hydrogen (secondary N) is 3. The van der Waals surface area contributed by atoms with Gasteiger partial charge < -0.3 is 20.9 Å². The van der Waals surface area contributed by atoms with Gasteiger partial charge in [-0.3, -0.25) is 4.79 Å². The third-order valence-electron chi connectivity index (χ3n) is 4.90. The Bertz CT molecular complexity index is 948. The summed E-state index contributed by atoms with van der Waals surface area (Å²) in [6.45, 7) is 5.88. The summed E-state index contributed by atoms with van der Waals surface area (Å²) >= 11 is 5.34. The van der Waals surface area contributed by atoms with E-state index in [-0.39, 0.29) is 11.9 Å². The molecular formula is C22H26N4OS. The Balaban J connectivity index is 1.95. The van der Waals surface area contributed by atoms with Crippen molar-refractivity contribution in [2.75, 3.05) is 24.3 Å². The lowest BCUT2D eigenvalue weighted by molar-refractivity contribution is -0.113. The molecule has 3 N–H and O–H groups in total. The summed E-state index contributed by atoms with van der Waals surface area (Å²) in [4.78, 5) is 15.2. The Labute approximate surface area is 171 Å². The van der Waals surface area contributed by atoms with Gasteiger partial charge >= 0.3 is 0 Å². The molecule has 1 unspecified atom stereocenters. The van der Waals surface area contributed by atoms with Gasteiger partial charge in [-0.25, -0.2) is 0 Å². The lowest BCUT2D eigenvalue weighted by Gasteiger charge is -2.30. The summed E-state index contributed by atoms with van der Waals surface area (Å²) < 4.78 is 0. The Hall–Kier alpha value is -2.86. The van der Waals surface area contributed by atoms with Crippen LogP contribution >= 0.6 is 12.2 Å². The third-order valence-corrected chi connectivity index (χ3v) is 5.12.